The number of nitrogens with one attached hydrogen (secondary N) is 2. The molecule has 28 heavy (non-hydrogen) atoms. The molecule has 2 heterocycles. The first kappa shape index (κ1) is 18.1. The van der Waals surface area contributed by atoms with E-state index in [1.54, 1.807) is 4.90 Å². The Morgan fingerprint density at radius 3 is 2.82 bits per heavy atom. The van der Waals surface area contributed by atoms with Crippen LogP contribution in [0.25, 0.3) is 22.2 Å². The summed E-state index contributed by atoms with van der Waals surface area (Å²) in [6, 6.07) is 18.0. The van der Waals surface area contributed by atoms with Crippen molar-refractivity contribution >= 4 is 28.6 Å². The molecule has 1 aliphatic heterocycles. The van der Waals surface area contributed by atoms with Gasteiger partial charge in [-0.25, -0.2) is 4.79 Å². The third kappa shape index (κ3) is 3.71. The molecule has 6 heteroatoms. The number of hydrogen-bond donors (Lipinski definition) is 2. The molecule has 0 bridgehead atoms. The Bertz CT molecular complexity index is 978. The fourth-order valence-corrected chi connectivity index (χ4v) is 3.72. The van der Waals surface area contributed by atoms with E-state index in [0.29, 0.717) is 13.1 Å². The molecule has 2 amide bonds. The number of benzene rings is 2. The Morgan fingerprint density at radius 2 is 2.00 bits per heavy atom. The maximum Gasteiger partial charge on any atom is 0.409 e. The summed E-state index contributed by atoms with van der Waals surface area (Å²) in [5.74, 6) is -0.299. The monoisotopic (exact) mass is 377 g/mol. The van der Waals surface area contributed by atoms with Crippen LogP contribution in [0.15, 0.2) is 54.6 Å². The van der Waals surface area contributed by atoms with Gasteiger partial charge in [0.2, 0.25) is 5.91 Å². The van der Waals surface area contributed by atoms with Crippen LogP contribution in [0, 0.1) is 5.92 Å². The fourth-order valence-electron chi connectivity index (χ4n) is 3.72. The number of rotatable bonds is 3. The molecule has 0 unspecified atom stereocenters. The zero-order valence-electron chi connectivity index (χ0n) is 15.8. The quantitative estimate of drug-likeness (QED) is 0.716. The first-order chi connectivity index (χ1) is 13.6. The smallest absolute Gasteiger partial charge is 0.409 e. The molecule has 1 aliphatic rings. The number of likely N-dealkylation sites (tertiary alicyclic amines) is 1. The van der Waals surface area contributed by atoms with Crippen molar-refractivity contribution in [1.82, 2.24) is 9.88 Å². The van der Waals surface area contributed by atoms with Crippen molar-refractivity contribution in [2.45, 2.75) is 12.8 Å². The molecule has 6 nitrogen and oxygen atoms in total. The van der Waals surface area contributed by atoms with E-state index in [9.17, 15) is 9.59 Å². The lowest BCUT2D eigenvalue weighted by molar-refractivity contribution is -0.121. The van der Waals surface area contributed by atoms with E-state index < -0.39 is 0 Å². The van der Waals surface area contributed by atoms with Crippen molar-refractivity contribution in [3.63, 3.8) is 0 Å². The number of carbonyl (C=O) groups is 2. The van der Waals surface area contributed by atoms with Gasteiger partial charge in [0.15, 0.2) is 0 Å². The van der Waals surface area contributed by atoms with E-state index in [1.807, 2.05) is 42.5 Å². The third-order valence-corrected chi connectivity index (χ3v) is 5.20. The van der Waals surface area contributed by atoms with Crippen LogP contribution in [0.2, 0.25) is 0 Å². The highest BCUT2D eigenvalue weighted by Crippen LogP contribution is 2.27. The van der Waals surface area contributed by atoms with Crippen LogP contribution in [0.3, 0.4) is 0 Å². The molecule has 0 saturated carbocycles. The molecule has 1 saturated heterocycles. The average Bonchev–Trinajstić information content (AvgIpc) is 3.18. The minimum atomic E-state index is -0.377. The maximum absolute atomic E-state index is 12.7. The van der Waals surface area contributed by atoms with Gasteiger partial charge in [0.05, 0.1) is 13.0 Å². The number of carbonyl (C=O) groups excluding carboxylic acids is 2. The van der Waals surface area contributed by atoms with Gasteiger partial charge < -0.3 is 19.9 Å². The second-order valence-electron chi connectivity index (χ2n) is 7.10. The zero-order chi connectivity index (χ0) is 19.5. The first-order valence-corrected chi connectivity index (χ1v) is 9.46. The average molecular weight is 377 g/mol. The molecular formula is C22H23N3O3. The summed E-state index contributed by atoms with van der Waals surface area (Å²) in [5, 5.41) is 4.15. The second kappa shape index (κ2) is 7.76. The highest BCUT2D eigenvalue weighted by atomic mass is 16.5. The standard InChI is InChI=1S/C22H23N3O3/c1-28-22(27)25-11-5-8-17(14-25)21(26)23-18-9-4-7-15(12-18)20-13-16-6-2-3-10-19(16)24-20/h2-4,6-7,9-10,12-13,17,24H,5,8,11,14H2,1H3,(H,23,26)/t17-/m1/s1. The molecule has 0 spiro atoms. The maximum atomic E-state index is 12.7. The molecule has 3 aromatic rings. The number of piperidine rings is 1. The lowest BCUT2D eigenvalue weighted by Gasteiger charge is -2.30. The Kier molecular flexibility index (Phi) is 5.02. The van der Waals surface area contributed by atoms with Gasteiger partial charge in [0, 0.05) is 40.9 Å². The number of methoxy groups -OCH3 is 1. The van der Waals surface area contributed by atoms with Crippen LogP contribution in [0.1, 0.15) is 12.8 Å². The van der Waals surface area contributed by atoms with Gasteiger partial charge in [0.25, 0.3) is 0 Å². The van der Waals surface area contributed by atoms with Gasteiger partial charge in [-0.2, -0.15) is 0 Å². The summed E-state index contributed by atoms with van der Waals surface area (Å²) in [4.78, 5) is 29.5. The van der Waals surface area contributed by atoms with Gasteiger partial charge in [0.1, 0.15) is 0 Å². The number of para-hydroxylation sites is 1. The lowest BCUT2D eigenvalue weighted by atomic mass is 9.97. The van der Waals surface area contributed by atoms with Crippen molar-refractivity contribution in [3.8, 4) is 11.3 Å². The minimum absolute atomic E-state index is 0.0672. The van der Waals surface area contributed by atoms with E-state index in [1.165, 1.54) is 7.11 Å². The van der Waals surface area contributed by atoms with Gasteiger partial charge in [-0.3, -0.25) is 4.79 Å². The van der Waals surface area contributed by atoms with E-state index in [2.05, 4.69) is 22.4 Å². The van der Waals surface area contributed by atoms with Crippen LogP contribution in [0.4, 0.5) is 10.5 Å². The number of amides is 2. The summed E-state index contributed by atoms with van der Waals surface area (Å²) >= 11 is 0. The predicted octanol–water partition coefficient (Wildman–Crippen LogP) is 4.25. The van der Waals surface area contributed by atoms with Crippen molar-refractivity contribution in [1.29, 1.82) is 0 Å². The Labute approximate surface area is 163 Å². The molecule has 144 valence electrons. The number of aromatic amines is 1. The lowest BCUT2D eigenvalue weighted by Crippen LogP contribution is -2.43. The highest BCUT2D eigenvalue weighted by Gasteiger charge is 2.28. The molecule has 1 aromatic heterocycles. The third-order valence-electron chi connectivity index (χ3n) is 5.20. The highest BCUT2D eigenvalue weighted by molar-refractivity contribution is 5.94. The number of nitrogens with zero attached hydrogens (tertiary/aromatic N) is 1. The first-order valence-electron chi connectivity index (χ1n) is 9.46. The molecule has 0 radical (unpaired) electrons. The summed E-state index contributed by atoms with van der Waals surface area (Å²) in [6.45, 7) is 1.02. The Balaban J connectivity index is 1.48. The number of hydrogen-bond acceptors (Lipinski definition) is 3. The second-order valence-corrected chi connectivity index (χ2v) is 7.10. The predicted molar refractivity (Wildman–Crippen MR) is 109 cm³/mol. The molecule has 1 fully saturated rings. The summed E-state index contributed by atoms with van der Waals surface area (Å²) < 4.78 is 4.78. The summed E-state index contributed by atoms with van der Waals surface area (Å²) in [5.41, 5.74) is 3.84. The van der Waals surface area contributed by atoms with Crippen LogP contribution in [0.5, 0.6) is 0 Å². The van der Waals surface area contributed by atoms with Crippen LogP contribution < -0.4 is 5.32 Å². The SMILES string of the molecule is COC(=O)N1CCC[C@@H](C(=O)Nc2cccc(-c3cc4ccccc4[nH]3)c2)C1. The van der Waals surface area contributed by atoms with Crippen molar-refractivity contribution < 1.29 is 14.3 Å². The summed E-state index contributed by atoms with van der Waals surface area (Å²) in [7, 11) is 1.36. The number of H-pyrrole nitrogens is 1. The van der Waals surface area contributed by atoms with Crippen molar-refractivity contribution in [2.75, 3.05) is 25.5 Å². The zero-order valence-corrected chi connectivity index (χ0v) is 15.8. The van der Waals surface area contributed by atoms with Gasteiger partial charge in [-0.1, -0.05) is 30.3 Å². The Hall–Kier alpha value is -3.28. The van der Waals surface area contributed by atoms with E-state index in [4.69, 9.17) is 4.74 Å². The van der Waals surface area contributed by atoms with E-state index in [0.717, 1.165) is 40.7 Å². The largest absolute Gasteiger partial charge is 0.453 e. The van der Waals surface area contributed by atoms with E-state index >= 15 is 0 Å². The number of ether oxygens (including phenoxy) is 1. The molecule has 0 aliphatic carbocycles. The fraction of sp³-hybridized carbons (Fsp3) is 0.273. The molecular weight excluding hydrogens is 354 g/mol. The molecule has 4 rings (SSSR count). The van der Waals surface area contributed by atoms with Gasteiger partial charge in [-0.15, -0.1) is 0 Å². The number of aromatic nitrogens is 1. The number of fused-ring (bicyclic) bond motifs is 1. The van der Waals surface area contributed by atoms with Crippen LogP contribution in [-0.2, 0) is 9.53 Å². The molecule has 2 N–H and O–H groups in total. The summed E-state index contributed by atoms with van der Waals surface area (Å²) in [6.07, 6.45) is 1.18. The minimum Gasteiger partial charge on any atom is -0.453 e. The Morgan fingerprint density at radius 1 is 1.14 bits per heavy atom. The normalized spacial score (nSPS) is 16.8. The number of anilines is 1. The molecule has 1 atom stereocenters. The topological polar surface area (TPSA) is 74.4 Å². The van der Waals surface area contributed by atoms with E-state index in [-0.39, 0.29) is 17.9 Å². The van der Waals surface area contributed by atoms with Crippen molar-refractivity contribution in [2.24, 2.45) is 5.92 Å². The van der Waals surface area contributed by atoms with Gasteiger partial charge >= 0.3 is 6.09 Å². The molecule has 2 aromatic carbocycles. The van der Waals surface area contributed by atoms with Gasteiger partial charge in [-0.05, 0) is 37.1 Å². The van der Waals surface area contributed by atoms with Crippen molar-refractivity contribution in [3.05, 3.63) is 54.6 Å². The van der Waals surface area contributed by atoms with Crippen LogP contribution in [-0.4, -0.2) is 42.1 Å². The van der Waals surface area contributed by atoms with Crippen LogP contribution >= 0.6 is 0 Å².